The maximum absolute atomic E-state index is 12.0. The highest BCUT2D eigenvalue weighted by Crippen LogP contribution is 2.26. The lowest BCUT2D eigenvalue weighted by atomic mass is 10.0. The highest BCUT2D eigenvalue weighted by molar-refractivity contribution is 5.96. The van der Waals surface area contributed by atoms with E-state index >= 15 is 0 Å². The molecule has 98 valence electrons. The van der Waals surface area contributed by atoms with E-state index in [2.05, 4.69) is 6.92 Å². The van der Waals surface area contributed by atoms with Crippen LogP contribution in [0, 0.1) is 0 Å². The number of ether oxygens (including phenoxy) is 1. The molecule has 2 nitrogen and oxygen atoms in total. The fourth-order valence-electron chi connectivity index (χ4n) is 2.39. The minimum Gasteiger partial charge on any atom is -0.493 e. The first-order chi connectivity index (χ1) is 8.81. The Labute approximate surface area is 109 Å². The van der Waals surface area contributed by atoms with Crippen molar-refractivity contribution in [2.75, 3.05) is 6.61 Å². The number of carbonyl (C=O) groups is 1. The Morgan fingerprint density at radius 3 is 2.89 bits per heavy atom. The van der Waals surface area contributed by atoms with Crippen molar-refractivity contribution < 1.29 is 9.53 Å². The van der Waals surface area contributed by atoms with E-state index in [0.717, 1.165) is 30.8 Å². The number of benzene rings is 1. The van der Waals surface area contributed by atoms with Crippen LogP contribution in [-0.2, 0) is 6.42 Å². The standard InChI is InChI=1S/C16H22O2/c1-2-3-4-5-6-7-15(17)13-8-9-16-14(12-13)10-11-18-16/h8-9,12H,2-7,10-11H2,1H3. The molecule has 0 unspecified atom stereocenters. The quantitative estimate of drug-likeness (QED) is 0.533. The third-order valence-corrected chi connectivity index (χ3v) is 3.52. The summed E-state index contributed by atoms with van der Waals surface area (Å²) in [6.45, 7) is 2.96. The molecule has 0 bridgehead atoms. The van der Waals surface area contributed by atoms with Crippen LogP contribution in [0.1, 0.15) is 61.4 Å². The van der Waals surface area contributed by atoms with Crippen molar-refractivity contribution in [3.05, 3.63) is 29.3 Å². The van der Waals surface area contributed by atoms with Crippen LogP contribution in [-0.4, -0.2) is 12.4 Å². The van der Waals surface area contributed by atoms with Gasteiger partial charge < -0.3 is 4.74 Å². The van der Waals surface area contributed by atoms with Crippen LogP contribution in [0.5, 0.6) is 5.75 Å². The molecule has 0 radical (unpaired) electrons. The second kappa shape index (κ2) is 6.58. The van der Waals surface area contributed by atoms with Crippen molar-refractivity contribution >= 4 is 5.78 Å². The lowest BCUT2D eigenvalue weighted by Gasteiger charge is -2.04. The van der Waals surface area contributed by atoms with Crippen molar-refractivity contribution in [3.63, 3.8) is 0 Å². The summed E-state index contributed by atoms with van der Waals surface area (Å²) in [6.07, 6.45) is 7.60. The maximum atomic E-state index is 12.0. The van der Waals surface area contributed by atoms with Crippen LogP contribution in [0.2, 0.25) is 0 Å². The summed E-state index contributed by atoms with van der Waals surface area (Å²) >= 11 is 0. The number of Topliss-reactive ketones (excluding diaryl/α,β-unsaturated/α-hetero) is 1. The van der Waals surface area contributed by atoms with Gasteiger partial charge in [-0.2, -0.15) is 0 Å². The Bertz CT molecular complexity index is 410. The zero-order valence-electron chi connectivity index (χ0n) is 11.2. The summed E-state index contributed by atoms with van der Waals surface area (Å²) in [4.78, 5) is 12.0. The van der Waals surface area contributed by atoms with Crippen LogP contribution in [0.3, 0.4) is 0 Å². The molecule has 0 amide bonds. The van der Waals surface area contributed by atoms with Crippen LogP contribution >= 0.6 is 0 Å². The molecule has 0 spiro atoms. The van der Waals surface area contributed by atoms with Crippen molar-refractivity contribution in [2.24, 2.45) is 0 Å². The average Bonchev–Trinajstić information content (AvgIpc) is 2.85. The number of unbranched alkanes of at least 4 members (excludes halogenated alkanes) is 4. The van der Waals surface area contributed by atoms with E-state index in [4.69, 9.17) is 4.74 Å². The van der Waals surface area contributed by atoms with E-state index in [1.165, 1.54) is 31.2 Å². The van der Waals surface area contributed by atoms with Gasteiger partial charge in [0.2, 0.25) is 0 Å². The molecular weight excluding hydrogens is 224 g/mol. The zero-order valence-corrected chi connectivity index (χ0v) is 11.2. The summed E-state index contributed by atoms with van der Waals surface area (Å²) in [5, 5.41) is 0. The van der Waals surface area contributed by atoms with Gasteiger partial charge in [0.1, 0.15) is 5.75 Å². The normalized spacial score (nSPS) is 13.2. The van der Waals surface area contributed by atoms with Gasteiger partial charge in [0.25, 0.3) is 0 Å². The predicted molar refractivity (Wildman–Crippen MR) is 73.3 cm³/mol. The Morgan fingerprint density at radius 1 is 1.22 bits per heavy atom. The molecule has 2 rings (SSSR count). The third-order valence-electron chi connectivity index (χ3n) is 3.52. The Hall–Kier alpha value is -1.31. The summed E-state index contributed by atoms with van der Waals surface area (Å²) in [7, 11) is 0. The summed E-state index contributed by atoms with van der Waals surface area (Å²) in [6, 6.07) is 5.85. The number of ketones is 1. The topological polar surface area (TPSA) is 26.3 Å². The number of rotatable bonds is 7. The molecule has 2 heteroatoms. The molecule has 1 heterocycles. The van der Waals surface area contributed by atoms with E-state index in [1.807, 2.05) is 18.2 Å². The molecule has 0 aromatic heterocycles. The first-order valence-electron chi connectivity index (χ1n) is 7.10. The van der Waals surface area contributed by atoms with E-state index < -0.39 is 0 Å². The van der Waals surface area contributed by atoms with Gasteiger partial charge in [-0.05, 0) is 30.2 Å². The van der Waals surface area contributed by atoms with Crippen molar-refractivity contribution in [1.82, 2.24) is 0 Å². The summed E-state index contributed by atoms with van der Waals surface area (Å²) in [5.74, 6) is 1.23. The fourth-order valence-corrected chi connectivity index (χ4v) is 2.39. The molecule has 0 aliphatic carbocycles. The number of hydrogen-bond donors (Lipinski definition) is 0. The molecule has 0 fully saturated rings. The van der Waals surface area contributed by atoms with E-state index in [9.17, 15) is 4.79 Å². The number of hydrogen-bond acceptors (Lipinski definition) is 2. The SMILES string of the molecule is CCCCCCCC(=O)c1ccc2c(c1)CCO2. The Kier molecular flexibility index (Phi) is 4.80. The van der Waals surface area contributed by atoms with Gasteiger partial charge in [-0.3, -0.25) is 4.79 Å². The van der Waals surface area contributed by atoms with Crippen molar-refractivity contribution in [3.8, 4) is 5.75 Å². The van der Waals surface area contributed by atoms with Crippen molar-refractivity contribution in [2.45, 2.75) is 51.9 Å². The van der Waals surface area contributed by atoms with Gasteiger partial charge >= 0.3 is 0 Å². The van der Waals surface area contributed by atoms with Gasteiger partial charge in [-0.15, -0.1) is 0 Å². The maximum Gasteiger partial charge on any atom is 0.162 e. The monoisotopic (exact) mass is 246 g/mol. The first-order valence-corrected chi connectivity index (χ1v) is 7.10. The molecule has 0 saturated heterocycles. The lowest BCUT2D eigenvalue weighted by molar-refractivity contribution is 0.0979. The molecular formula is C16H22O2. The first kappa shape index (κ1) is 13.1. The molecule has 1 aromatic rings. The van der Waals surface area contributed by atoms with E-state index in [0.29, 0.717) is 6.42 Å². The summed E-state index contributed by atoms with van der Waals surface area (Å²) in [5.41, 5.74) is 2.04. The molecule has 1 aliphatic rings. The molecule has 0 saturated carbocycles. The third kappa shape index (κ3) is 3.34. The molecule has 0 atom stereocenters. The van der Waals surface area contributed by atoms with Crippen LogP contribution in [0.4, 0.5) is 0 Å². The van der Waals surface area contributed by atoms with E-state index in [-0.39, 0.29) is 5.78 Å². The lowest BCUT2D eigenvalue weighted by Crippen LogP contribution is -1.99. The van der Waals surface area contributed by atoms with Crippen LogP contribution < -0.4 is 4.74 Å². The van der Waals surface area contributed by atoms with Gasteiger partial charge in [0, 0.05) is 18.4 Å². The molecule has 1 aromatic carbocycles. The highest BCUT2D eigenvalue weighted by atomic mass is 16.5. The molecule has 18 heavy (non-hydrogen) atoms. The average molecular weight is 246 g/mol. The van der Waals surface area contributed by atoms with Crippen LogP contribution in [0.25, 0.3) is 0 Å². The number of fused-ring (bicyclic) bond motifs is 1. The second-order valence-electron chi connectivity index (χ2n) is 5.01. The van der Waals surface area contributed by atoms with Crippen molar-refractivity contribution in [1.29, 1.82) is 0 Å². The fraction of sp³-hybridized carbons (Fsp3) is 0.562. The van der Waals surface area contributed by atoms with Crippen LogP contribution in [0.15, 0.2) is 18.2 Å². The Morgan fingerprint density at radius 2 is 2.06 bits per heavy atom. The Balaban J connectivity index is 1.82. The predicted octanol–water partition coefficient (Wildman–Crippen LogP) is 4.16. The minimum atomic E-state index is 0.279. The summed E-state index contributed by atoms with van der Waals surface area (Å²) < 4.78 is 5.45. The molecule has 0 N–H and O–H groups in total. The van der Waals surface area contributed by atoms with Gasteiger partial charge in [-0.25, -0.2) is 0 Å². The zero-order chi connectivity index (χ0) is 12.8. The van der Waals surface area contributed by atoms with Gasteiger partial charge in [0.05, 0.1) is 6.61 Å². The van der Waals surface area contributed by atoms with Gasteiger partial charge in [0.15, 0.2) is 5.78 Å². The van der Waals surface area contributed by atoms with E-state index in [1.54, 1.807) is 0 Å². The second-order valence-corrected chi connectivity index (χ2v) is 5.01. The highest BCUT2D eigenvalue weighted by Gasteiger charge is 2.14. The smallest absolute Gasteiger partial charge is 0.162 e. The van der Waals surface area contributed by atoms with Gasteiger partial charge in [-0.1, -0.05) is 32.6 Å². The minimum absolute atomic E-state index is 0.279. The largest absolute Gasteiger partial charge is 0.493 e. The molecule has 1 aliphatic heterocycles. The number of carbonyl (C=O) groups excluding carboxylic acids is 1.